The average Bonchev–Trinajstić information content (AvgIpc) is 3.04. The van der Waals surface area contributed by atoms with E-state index < -0.39 is 25.9 Å². The minimum absolute atomic E-state index is 0.0255. The highest BCUT2D eigenvalue weighted by atomic mass is 28.3. The smallest absolute Gasteiger partial charge is 0.305 e. The summed E-state index contributed by atoms with van der Waals surface area (Å²) in [5.41, 5.74) is 2.32. The molecule has 0 heterocycles. The van der Waals surface area contributed by atoms with Gasteiger partial charge in [0.1, 0.15) is 13.7 Å². The summed E-state index contributed by atoms with van der Waals surface area (Å²) in [6, 6.07) is 0. The van der Waals surface area contributed by atoms with Crippen molar-refractivity contribution in [3.8, 4) is 11.5 Å². The van der Waals surface area contributed by atoms with Gasteiger partial charge in [-0.1, -0.05) is 83.2 Å². The maximum absolute atomic E-state index is 11.3. The topological polar surface area (TPSA) is 87.0 Å². The molecule has 3 N–H and O–H groups in total. The third-order valence-corrected chi connectivity index (χ3v) is 7.61. The van der Waals surface area contributed by atoms with Crippen LogP contribution >= 0.6 is 0 Å². The maximum atomic E-state index is 11.3. The second-order valence-corrected chi connectivity index (χ2v) is 15.9. The first kappa shape index (κ1) is 30.9. The Balaban J connectivity index is 2.68. The van der Waals surface area contributed by atoms with E-state index in [-0.39, 0.29) is 17.8 Å². The van der Waals surface area contributed by atoms with E-state index in [4.69, 9.17) is 0 Å². The number of unbranched alkanes of at least 4 members (excludes halogenated alkanes) is 6. The van der Waals surface area contributed by atoms with Crippen LogP contribution in [0.25, 0.3) is 0 Å². The summed E-state index contributed by atoms with van der Waals surface area (Å²) in [4.78, 5) is 11.2. The molecular weight excluding hydrogens is 444 g/mol. The van der Waals surface area contributed by atoms with Gasteiger partial charge < -0.3 is 20.1 Å². The van der Waals surface area contributed by atoms with Crippen molar-refractivity contribution in [1.82, 2.24) is 0 Å². The first-order valence-corrected chi connectivity index (χ1v) is 16.9. The fraction of sp³-hybridized carbons (Fsp3) is 0.821. The molecule has 0 aromatic carbocycles. The monoisotopic (exact) mass is 494 g/mol. The Hall–Kier alpha value is -1.13. The Kier molecular flexibility index (Phi) is 14.3. The molecule has 1 aliphatic carbocycles. The molecule has 1 aliphatic rings. The maximum Gasteiger partial charge on any atom is 0.305 e. The number of carbonyl (C=O) groups excluding carboxylic acids is 1. The molecule has 6 heteroatoms. The Bertz CT molecular complexity index is 675. The van der Waals surface area contributed by atoms with E-state index in [1.54, 1.807) is 0 Å². The number of carbonyl (C=O) groups is 1. The molecule has 1 unspecified atom stereocenters. The van der Waals surface area contributed by atoms with Crippen molar-refractivity contribution < 1.29 is 24.9 Å². The lowest BCUT2D eigenvalue weighted by Gasteiger charge is -2.23. The van der Waals surface area contributed by atoms with Crippen molar-refractivity contribution in [3.63, 3.8) is 0 Å². The first-order chi connectivity index (χ1) is 16.0. The number of aliphatic hydroxyl groups is 3. The molecule has 1 saturated carbocycles. The number of methoxy groups -OCH3 is 1. The molecule has 0 radical (unpaired) electrons. The number of esters is 1. The van der Waals surface area contributed by atoms with Crippen LogP contribution in [0, 0.1) is 23.3 Å². The summed E-state index contributed by atoms with van der Waals surface area (Å²) in [5.74, 6) is 2.97. The average molecular weight is 495 g/mol. The third-order valence-electron chi connectivity index (χ3n) is 6.74. The van der Waals surface area contributed by atoms with E-state index in [1.165, 1.54) is 13.5 Å². The zero-order chi connectivity index (χ0) is 25.6. The summed E-state index contributed by atoms with van der Waals surface area (Å²) >= 11 is 0. The summed E-state index contributed by atoms with van der Waals surface area (Å²) in [6.07, 6.45) is 13.9. The van der Waals surface area contributed by atoms with Gasteiger partial charge in [-0.05, 0) is 31.6 Å². The van der Waals surface area contributed by atoms with Crippen molar-refractivity contribution in [2.45, 2.75) is 128 Å². The fourth-order valence-electron chi connectivity index (χ4n) is 4.67. The van der Waals surface area contributed by atoms with E-state index in [0.717, 1.165) is 51.4 Å². The molecule has 5 atom stereocenters. The zero-order valence-electron chi connectivity index (χ0n) is 22.3. The van der Waals surface area contributed by atoms with Crippen molar-refractivity contribution in [2.24, 2.45) is 11.8 Å². The van der Waals surface area contributed by atoms with Crippen molar-refractivity contribution in [1.29, 1.82) is 0 Å². The fourth-order valence-corrected chi connectivity index (χ4v) is 5.27. The normalized spacial score (nSPS) is 24.6. The molecule has 0 aromatic rings. The molecule has 5 nitrogen and oxygen atoms in total. The highest BCUT2D eigenvalue weighted by Crippen LogP contribution is 2.37. The minimum atomic E-state index is -1.59. The predicted octanol–water partition coefficient (Wildman–Crippen LogP) is 5.39. The van der Waals surface area contributed by atoms with E-state index in [1.807, 2.05) is 12.2 Å². The van der Waals surface area contributed by atoms with Gasteiger partial charge in [0.2, 0.25) is 0 Å². The van der Waals surface area contributed by atoms with Gasteiger partial charge in [-0.15, -0.1) is 5.54 Å². The van der Waals surface area contributed by atoms with Crippen molar-refractivity contribution >= 4 is 14.0 Å². The summed E-state index contributed by atoms with van der Waals surface area (Å²) in [5, 5.41) is 32.3. The number of ether oxygens (including phenoxy) is 1. The number of hydrogen-bond acceptors (Lipinski definition) is 5. The van der Waals surface area contributed by atoms with Crippen LogP contribution < -0.4 is 0 Å². The lowest BCUT2D eigenvalue weighted by Crippen LogP contribution is -2.28. The van der Waals surface area contributed by atoms with E-state index in [0.29, 0.717) is 25.7 Å². The SMILES string of the molecule is CCCCCCC(O)(C#C[Si](C)(C)C)CC=C[C@@H]1[C@@H](CCCCCCC(=O)OC)[C@@H](O)C[C@H]1O. The molecule has 0 aliphatic heterocycles. The quantitative estimate of drug-likeness (QED) is 0.0934. The Morgan fingerprint density at radius 3 is 2.38 bits per heavy atom. The second kappa shape index (κ2) is 15.8. The first-order valence-electron chi connectivity index (χ1n) is 13.4. The molecule has 1 fully saturated rings. The molecule has 1 rings (SSSR count). The molecule has 0 aromatic heterocycles. The van der Waals surface area contributed by atoms with E-state index in [9.17, 15) is 20.1 Å². The van der Waals surface area contributed by atoms with Crippen LogP contribution in [0.3, 0.4) is 0 Å². The Morgan fingerprint density at radius 2 is 1.74 bits per heavy atom. The summed E-state index contributed by atoms with van der Waals surface area (Å²) in [7, 11) is -0.183. The van der Waals surface area contributed by atoms with E-state index >= 15 is 0 Å². The Morgan fingerprint density at radius 1 is 1.06 bits per heavy atom. The van der Waals surface area contributed by atoms with Gasteiger partial charge in [-0.25, -0.2) is 0 Å². The van der Waals surface area contributed by atoms with Gasteiger partial charge in [0, 0.05) is 25.2 Å². The lowest BCUT2D eigenvalue weighted by molar-refractivity contribution is -0.140. The van der Waals surface area contributed by atoms with Crippen LogP contribution in [0.4, 0.5) is 0 Å². The van der Waals surface area contributed by atoms with E-state index in [2.05, 4.69) is 42.8 Å². The molecule has 0 bridgehead atoms. The minimum Gasteiger partial charge on any atom is -0.469 e. The second-order valence-electron chi connectivity index (χ2n) is 11.1. The molecule has 34 heavy (non-hydrogen) atoms. The molecule has 0 amide bonds. The van der Waals surface area contributed by atoms with Crippen LogP contribution in [-0.2, 0) is 9.53 Å². The van der Waals surface area contributed by atoms with Gasteiger partial charge in [0.15, 0.2) is 0 Å². The number of rotatable bonds is 15. The van der Waals surface area contributed by atoms with Gasteiger partial charge in [-0.3, -0.25) is 4.79 Å². The predicted molar refractivity (Wildman–Crippen MR) is 142 cm³/mol. The summed E-state index contributed by atoms with van der Waals surface area (Å²) < 4.78 is 4.67. The zero-order valence-corrected chi connectivity index (χ0v) is 23.3. The molecule has 0 saturated heterocycles. The highest BCUT2D eigenvalue weighted by molar-refractivity contribution is 6.83. The van der Waals surface area contributed by atoms with Crippen LogP contribution in [0.2, 0.25) is 19.6 Å². The number of hydrogen-bond donors (Lipinski definition) is 3. The molecular formula is C28H50O5Si. The van der Waals surface area contributed by atoms with Crippen LogP contribution in [0.5, 0.6) is 0 Å². The molecule has 0 spiro atoms. The largest absolute Gasteiger partial charge is 0.469 e. The van der Waals surface area contributed by atoms with Gasteiger partial charge in [0.25, 0.3) is 0 Å². The standard InChI is InChI=1S/C28H50O5Si/c1-6-7-8-13-18-28(32,20-21-34(3,4)5)19-14-16-24-23(25(29)22-26(24)30)15-11-9-10-12-17-27(31)33-2/h14,16,23-26,29-30,32H,6-13,15,17-19,22H2,1-5H3/t23-,24-,25+,26-,28?/m1/s1. The van der Waals surface area contributed by atoms with Gasteiger partial charge in [0.05, 0.1) is 19.3 Å². The highest BCUT2D eigenvalue weighted by Gasteiger charge is 2.39. The number of aliphatic hydroxyl groups excluding tert-OH is 2. The van der Waals surface area contributed by atoms with Crippen LogP contribution in [0.1, 0.15) is 90.4 Å². The van der Waals surface area contributed by atoms with Gasteiger partial charge in [-0.2, -0.15) is 0 Å². The molecule has 196 valence electrons. The summed E-state index contributed by atoms with van der Waals surface area (Å²) in [6.45, 7) is 8.73. The van der Waals surface area contributed by atoms with Crippen molar-refractivity contribution in [2.75, 3.05) is 7.11 Å². The van der Waals surface area contributed by atoms with Crippen molar-refractivity contribution in [3.05, 3.63) is 12.2 Å². The Labute approximate surface area is 209 Å². The van der Waals surface area contributed by atoms with Crippen LogP contribution in [-0.4, -0.2) is 54.3 Å². The van der Waals surface area contributed by atoms with Gasteiger partial charge >= 0.3 is 5.97 Å². The third kappa shape index (κ3) is 12.5. The lowest BCUT2D eigenvalue weighted by atomic mass is 9.87. The van der Waals surface area contributed by atoms with Crippen LogP contribution in [0.15, 0.2) is 12.2 Å².